The van der Waals surface area contributed by atoms with Crippen molar-refractivity contribution < 1.29 is 0 Å². The van der Waals surface area contributed by atoms with E-state index >= 15 is 0 Å². The molecule has 0 spiro atoms. The van der Waals surface area contributed by atoms with E-state index in [4.69, 9.17) is 0 Å². The Morgan fingerprint density at radius 2 is 2.17 bits per heavy atom. The van der Waals surface area contributed by atoms with E-state index in [2.05, 4.69) is 37.4 Å². The fraction of sp³-hybridized carbons (Fsp3) is 0.273. The van der Waals surface area contributed by atoms with Gasteiger partial charge >= 0.3 is 0 Å². The Hall–Kier alpha value is -0.820. The van der Waals surface area contributed by atoms with E-state index in [9.17, 15) is 0 Å². The molecule has 0 saturated heterocycles. The number of fused-ring (bicyclic) bond motifs is 1. The van der Waals surface area contributed by atoms with Crippen LogP contribution in [0, 0.1) is 6.92 Å². The number of aryl methyl sites for hydroxylation is 2. The third-order valence-electron chi connectivity index (χ3n) is 2.20. The third kappa shape index (κ3) is 1.14. The van der Waals surface area contributed by atoms with Crippen molar-refractivity contribution in [2.75, 3.05) is 0 Å². The lowest BCUT2D eigenvalue weighted by Crippen LogP contribution is -1.81. The van der Waals surface area contributed by atoms with Crippen LogP contribution in [0.25, 0.3) is 10.1 Å². The highest BCUT2D eigenvalue weighted by Crippen LogP contribution is 2.25. The number of hydrogen-bond acceptors (Lipinski definition) is 1. The van der Waals surface area contributed by atoms with E-state index in [1.54, 1.807) is 0 Å². The SMILES string of the molecule is CCc1cc(C)c2sccc2c1. The van der Waals surface area contributed by atoms with E-state index in [1.807, 2.05) is 11.3 Å². The molecule has 1 heterocycles. The molecule has 62 valence electrons. The van der Waals surface area contributed by atoms with Crippen molar-refractivity contribution >= 4 is 21.4 Å². The first-order chi connectivity index (χ1) is 5.81. The van der Waals surface area contributed by atoms with E-state index in [1.165, 1.54) is 21.2 Å². The molecule has 0 aliphatic carbocycles. The molecule has 0 aliphatic heterocycles. The summed E-state index contributed by atoms with van der Waals surface area (Å²) in [5.41, 5.74) is 2.86. The summed E-state index contributed by atoms with van der Waals surface area (Å²) in [6, 6.07) is 6.78. The molecule has 0 amide bonds. The molecule has 1 aromatic heterocycles. The fourth-order valence-corrected chi connectivity index (χ4v) is 2.40. The normalized spacial score (nSPS) is 10.8. The van der Waals surface area contributed by atoms with Gasteiger partial charge in [0.05, 0.1) is 0 Å². The van der Waals surface area contributed by atoms with E-state index in [0.717, 1.165) is 6.42 Å². The standard InChI is InChI=1S/C11H12S/c1-3-9-6-8(2)11-10(7-9)4-5-12-11/h4-7H,3H2,1-2H3. The molecule has 0 bridgehead atoms. The number of benzene rings is 1. The summed E-state index contributed by atoms with van der Waals surface area (Å²) in [5, 5.41) is 3.56. The van der Waals surface area contributed by atoms with Crippen molar-refractivity contribution in [1.29, 1.82) is 0 Å². The van der Waals surface area contributed by atoms with Crippen LogP contribution in [0.3, 0.4) is 0 Å². The van der Waals surface area contributed by atoms with Gasteiger partial charge in [0.1, 0.15) is 0 Å². The second-order valence-corrected chi connectivity index (χ2v) is 4.02. The van der Waals surface area contributed by atoms with Crippen LogP contribution in [0.2, 0.25) is 0 Å². The predicted molar refractivity (Wildman–Crippen MR) is 55.9 cm³/mol. The first kappa shape index (κ1) is 7.81. The lowest BCUT2D eigenvalue weighted by atomic mass is 10.1. The van der Waals surface area contributed by atoms with Crippen LogP contribution in [-0.2, 0) is 6.42 Å². The Labute approximate surface area is 76.8 Å². The molecule has 0 N–H and O–H groups in total. The highest BCUT2D eigenvalue weighted by molar-refractivity contribution is 7.17. The Morgan fingerprint density at radius 3 is 2.92 bits per heavy atom. The quantitative estimate of drug-likeness (QED) is 0.620. The molecule has 0 fully saturated rings. The summed E-state index contributed by atoms with van der Waals surface area (Å²) in [4.78, 5) is 0. The zero-order chi connectivity index (χ0) is 8.55. The van der Waals surface area contributed by atoms with E-state index < -0.39 is 0 Å². The van der Waals surface area contributed by atoms with Gasteiger partial charge in [-0.15, -0.1) is 11.3 Å². The third-order valence-corrected chi connectivity index (χ3v) is 3.27. The van der Waals surface area contributed by atoms with Gasteiger partial charge in [-0.3, -0.25) is 0 Å². The van der Waals surface area contributed by atoms with Crippen molar-refractivity contribution in [2.24, 2.45) is 0 Å². The minimum Gasteiger partial charge on any atom is -0.144 e. The van der Waals surface area contributed by atoms with Gasteiger partial charge in [-0.1, -0.05) is 19.1 Å². The van der Waals surface area contributed by atoms with Gasteiger partial charge in [0.15, 0.2) is 0 Å². The highest BCUT2D eigenvalue weighted by atomic mass is 32.1. The van der Waals surface area contributed by atoms with Crippen molar-refractivity contribution in [3.8, 4) is 0 Å². The molecule has 0 saturated carbocycles. The van der Waals surface area contributed by atoms with Crippen LogP contribution in [0.4, 0.5) is 0 Å². The number of rotatable bonds is 1. The minimum absolute atomic E-state index is 1.13. The Morgan fingerprint density at radius 1 is 1.33 bits per heavy atom. The van der Waals surface area contributed by atoms with Crippen molar-refractivity contribution in [1.82, 2.24) is 0 Å². The molecular formula is C11H12S. The van der Waals surface area contributed by atoms with Crippen LogP contribution < -0.4 is 0 Å². The maximum atomic E-state index is 2.29. The largest absolute Gasteiger partial charge is 0.144 e. The molecule has 0 unspecified atom stereocenters. The van der Waals surface area contributed by atoms with Crippen LogP contribution in [0.5, 0.6) is 0 Å². The van der Waals surface area contributed by atoms with Gasteiger partial charge in [0.2, 0.25) is 0 Å². The first-order valence-corrected chi connectivity index (χ1v) is 5.16. The maximum Gasteiger partial charge on any atom is 0.0372 e. The first-order valence-electron chi connectivity index (χ1n) is 4.28. The predicted octanol–water partition coefficient (Wildman–Crippen LogP) is 3.77. The van der Waals surface area contributed by atoms with E-state index in [-0.39, 0.29) is 0 Å². The van der Waals surface area contributed by atoms with Gasteiger partial charge in [-0.05, 0) is 41.3 Å². The molecule has 1 heteroatoms. The zero-order valence-electron chi connectivity index (χ0n) is 7.42. The lowest BCUT2D eigenvalue weighted by molar-refractivity contribution is 1.14. The van der Waals surface area contributed by atoms with Crippen LogP contribution >= 0.6 is 11.3 Å². The summed E-state index contributed by atoms with van der Waals surface area (Å²) in [6.07, 6.45) is 1.13. The Kier molecular flexibility index (Phi) is 1.89. The molecule has 2 rings (SSSR count). The molecule has 1 aromatic carbocycles. The van der Waals surface area contributed by atoms with Gasteiger partial charge in [0.25, 0.3) is 0 Å². The molecule has 2 aromatic rings. The molecule has 0 atom stereocenters. The lowest BCUT2D eigenvalue weighted by Gasteiger charge is -2.00. The summed E-state index contributed by atoms with van der Waals surface area (Å²) in [6.45, 7) is 4.39. The second kappa shape index (κ2) is 2.91. The minimum atomic E-state index is 1.13. The number of thiophene rings is 1. The van der Waals surface area contributed by atoms with Crippen molar-refractivity contribution in [2.45, 2.75) is 20.3 Å². The Balaban J connectivity index is 2.75. The van der Waals surface area contributed by atoms with Crippen molar-refractivity contribution in [3.63, 3.8) is 0 Å². The molecule has 0 nitrogen and oxygen atoms in total. The fourth-order valence-electron chi connectivity index (χ4n) is 1.54. The maximum absolute atomic E-state index is 2.29. The van der Waals surface area contributed by atoms with Gasteiger partial charge < -0.3 is 0 Å². The molecule has 0 aliphatic rings. The molecule has 0 radical (unpaired) electrons. The zero-order valence-corrected chi connectivity index (χ0v) is 8.24. The molecule has 12 heavy (non-hydrogen) atoms. The average Bonchev–Trinajstić information content (AvgIpc) is 2.52. The smallest absolute Gasteiger partial charge is 0.0372 e. The number of hydrogen-bond donors (Lipinski definition) is 0. The monoisotopic (exact) mass is 176 g/mol. The summed E-state index contributed by atoms with van der Waals surface area (Å²) in [5.74, 6) is 0. The summed E-state index contributed by atoms with van der Waals surface area (Å²) < 4.78 is 1.44. The van der Waals surface area contributed by atoms with E-state index in [0.29, 0.717) is 0 Å². The second-order valence-electron chi connectivity index (χ2n) is 3.11. The van der Waals surface area contributed by atoms with Gasteiger partial charge in [-0.25, -0.2) is 0 Å². The van der Waals surface area contributed by atoms with Gasteiger partial charge in [-0.2, -0.15) is 0 Å². The molecular weight excluding hydrogens is 164 g/mol. The van der Waals surface area contributed by atoms with Crippen LogP contribution in [0.15, 0.2) is 23.6 Å². The Bertz CT molecular complexity index is 398. The highest BCUT2D eigenvalue weighted by Gasteiger charge is 1.99. The topological polar surface area (TPSA) is 0 Å². The van der Waals surface area contributed by atoms with Gasteiger partial charge in [0, 0.05) is 4.70 Å². The van der Waals surface area contributed by atoms with Crippen LogP contribution in [0.1, 0.15) is 18.1 Å². The summed E-state index contributed by atoms with van der Waals surface area (Å²) in [7, 11) is 0. The van der Waals surface area contributed by atoms with Crippen molar-refractivity contribution in [3.05, 3.63) is 34.7 Å². The van der Waals surface area contributed by atoms with Crippen LogP contribution in [-0.4, -0.2) is 0 Å². The average molecular weight is 176 g/mol. The summed E-state index contributed by atoms with van der Waals surface area (Å²) >= 11 is 1.83.